The molecule has 0 aromatic carbocycles. The van der Waals surface area contributed by atoms with Crippen LogP contribution in [0.25, 0.3) is 0 Å². The fraction of sp³-hybridized carbons (Fsp3) is 0.800. The van der Waals surface area contributed by atoms with Crippen LogP contribution in [0, 0.1) is 11.8 Å². The molecule has 1 unspecified atom stereocenters. The van der Waals surface area contributed by atoms with E-state index in [1.54, 1.807) is 18.9 Å². The highest BCUT2D eigenvalue weighted by Gasteiger charge is 2.33. The molecule has 6 nitrogen and oxygen atoms in total. The van der Waals surface area contributed by atoms with Gasteiger partial charge in [0.1, 0.15) is 6.04 Å². The van der Waals surface area contributed by atoms with Gasteiger partial charge in [-0.2, -0.15) is 0 Å². The van der Waals surface area contributed by atoms with Gasteiger partial charge in [-0.05, 0) is 19.3 Å². The minimum absolute atomic E-state index is 0.0311. The third-order valence-corrected chi connectivity index (χ3v) is 4.14. The number of piperidine rings is 1. The van der Waals surface area contributed by atoms with E-state index in [-0.39, 0.29) is 23.7 Å². The van der Waals surface area contributed by atoms with E-state index in [2.05, 4.69) is 0 Å². The lowest BCUT2D eigenvalue weighted by molar-refractivity contribution is -0.152. The summed E-state index contributed by atoms with van der Waals surface area (Å²) in [6.45, 7) is 6.64. The number of aliphatic carboxylic acids is 1. The lowest BCUT2D eigenvalue weighted by atomic mass is 9.94. The third-order valence-electron chi connectivity index (χ3n) is 4.14. The lowest BCUT2D eigenvalue weighted by Crippen LogP contribution is -2.48. The highest BCUT2D eigenvalue weighted by atomic mass is 16.4. The SMILES string of the molecule is CCC(C(=O)O)N(C)C(=O)C1CCN(C(=O)C(C)C)CC1. The fourth-order valence-electron chi connectivity index (χ4n) is 2.77. The van der Waals surface area contributed by atoms with Gasteiger partial charge in [-0.25, -0.2) is 4.79 Å². The average Bonchev–Trinajstić information content (AvgIpc) is 2.46. The van der Waals surface area contributed by atoms with Crippen molar-refractivity contribution in [3.63, 3.8) is 0 Å². The van der Waals surface area contributed by atoms with Gasteiger partial charge in [0.2, 0.25) is 11.8 Å². The Morgan fingerprint density at radius 2 is 1.76 bits per heavy atom. The van der Waals surface area contributed by atoms with E-state index in [9.17, 15) is 14.4 Å². The van der Waals surface area contributed by atoms with Crippen LogP contribution in [0.1, 0.15) is 40.0 Å². The largest absolute Gasteiger partial charge is 0.480 e. The van der Waals surface area contributed by atoms with E-state index in [1.165, 1.54) is 4.90 Å². The lowest BCUT2D eigenvalue weighted by Gasteiger charge is -2.35. The van der Waals surface area contributed by atoms with Crippen molar-refractivity contribution in [3.8, 4) is 0 Å². The van der Waals surface area contributed by atoms with Crippen molar-refractivity contribution < 1.29 is 19.5 Å². The van der Waals surface area contributed by atoms with Crippen molar-refractivity contribution >= 4 is 17.8 Å². The summed E-state index contributed by atoms with van der Waals surface area (Å²) in [4.78, 5) is 38.5. The molecule has 1 atom stereocenters. The first kappa shape index (κ1) is 17.5. The number of likely N-dealkylation sites (tertiary alicyclic amines) is 1. The second kappa shape index (κ2) is 7.43. The molecule has 2 amide bonds. The molecule has 1 heterocycles. The average molecular weight is 298 g/mol. The van der Waals surface area contributed by atoms with Crippen LogP contribution in [0.15, 0.2) is 0 Å². The molecule has 1 N–H and O–H groups in total. The number of carbonyl (C=O) groups excluding carboxylic acids is 2. The maximum absolute atomic E-state index is 12.4. The van der Waals surface area contributed by atoms with Crippen molar-refractivity contribution in [1.82, 2.24) is 9.80 Å². The maximum atomic E-state index is 12.4. The number of rotatable bonds is 5. The van der Waals surface area contributed by atoms with Gasteiger partial charge in [0.25, 0.3) is 0 Å². The zero-order valence-electron chi connectivity index (χ0n) is 13.3. The number of carbonyl (C=O) groups is 3. The van der Waals surface area contributed by atoms with Crippen LogP contribution in [0.5, 0.6) is 0 Å². The van der Waals surface area contributed by atoms with Crippen molar-refractivity contribution in [2.45, 2.75) is 46.1 Å². The summed E-state index contributed by atoms with van der Waals surface area (Å²) in [7, 11) is 1.55. The number of carboxylic acid groups (broad SMARTS) is 1. The Labute approximate surface area is 126 Å². The molecule has 1 saturated heterocycles. The standard InChI is InChI=1S/C15H26N2O4/c1-5-12(15(20)21)16(4)14(19)11-6-8-17(9-7-11)13(18)10(2)3/h10-12H,5-9H2,1-4H3,(H,20,21). The number of nitrogens with zero attached hydrogens (tertiary/aromatic N) is 2. The van der Waals surface area contributed by atoms with E-state index in [4.69, 9.17) is 5.11 Å². The molecule has 0 aromatic rings. The van der Waals surface area contributed by atoms with Crippen molar-refractivity contribution in [2.75, 3.05) is 20.1 Å². The Bertz CT molecular complexity index is 400. The molecule has 1 aliphatic heterocycles. The molecule has 21 heavy (non-hydrogen) atoms. The topological polar surface area (TPSA) is 77.9 Å². The van der Waals surface area contributed by atoms with Crippen molar-refractivity contribution in [3.05, 3.63) is 0 Å². The second-order valence-corrected chi connectivity index (χ2v) is 5.97. The van der Waals surface area contributed by atoms with Crippen LogP contribution in [-0.2, 0) is 14.4 Å². The molecule has 0 bridgehead atoms. The Kier molecular flexibility index (Phi) is 6.18. The van der Waals surface area contributed by atoms with E-state index in [1.807, 2.05) is 13.8 Å². The van der Waals surface area contributed by atoms with Gasteiger partial charge in [0, 0.05) is 32.0 Å². The molecule has 0 aliphatic carbocycles. The molecule has 0 aromatic heterocycles. The number of hydrogen-bond donors (Lipinski definition) is 1. The number of likely N-dealkylation sites (N-methyl/N-ethyl adjacent to an activating group) is 1. The Balaban J connectivity index is 2.59. The molecule has 0 saturated carbocycles. The summed E-state index contributed by atoms with van der Waals surface area (Å²) in [6, 6.07) is -0.771. The third kappa shape index (κ3) is 4.19. The maximum Gasteiger partial charge on any atom is 0.326 e. The van der Waals surface area contributed by atoms with E-state index >= 15 is 0 Å². The Morgan fingerprint density at radius 1 is 1.24 bits per heavy atom. The van der Waals surface area contributed by atoms with E-state index in [0.29, 0.717) is 32.4 Å². The van der Waals surface area contributed by atoms with Gasteiger partial charge >= 0.3 is 5.97 Å². The van der Waals surface area contributed by atoms with Crippen LogP contribution in [-0.4, -0.2) is 58.9 Å². The van der Waals surface area contributed by atoms with Crippen LogP contribution < -0.4 is 0 Å². The summed E-state index contributed by atoms with van der Waals surface area (Å²) in [5.41, 5.74) is 0. The predicted octanol–water partition coefficient (Wildman–Crippen LogP) is 1.20. The van der Waals surface area contributed by atoms with Crippen LogP contribution in [0.3, 0.4) is 0 Å². The van der Waals surface area contributed by atoms with Gasteiger partial charge in [-0.15, -0.1) is 0 Å². The molecule has 1 fully saturated rings. The zero-order valence-corrected chi connectivity index (χ0v) is 13.3. The Hall–Kier alpha value is -1.59. The minimum atomic E-state index is -0.972. The number of hydrogen-bond acceptors (Lipinski definition) is 3. The fourth-order valence-corrected chi connectivity index (χ4v) is 2.77. The summed E-state index contributed by atoms with van der Waals surface area (Å²) in [5, 5.41) is 9.12. The van der Waals surface area contributed by atoms with Crippen LogP contribution in [0.2, 0.25) is 0 Å². The quantitative estimate of drug-likeness (QED) is 0.827. The first-order chi connectivity index (χ1) is 9.79. The smallest absolute Gasteiger partial charge is 0.326 e. The van der Waals surface area contributed by atoms with Crippen molar-refractivity contribution in [1.29, 1.82) is 0 Å². The molecule has 0 spiro atoms. The van der Waals surface area contributed by atoms with Gasteiger partial charge in [0.15, 0.2) is 0 Å². The first-order valence-corrected chi connectivity index (χ1v) is 7.57. The number of amides is 2. The first-order valence-electron chi connectivity index (χ1n) is 7.57. The summed E-state index contributed by atoms with van der Waals surface area (Å²) >= 11 is 0. The summed E-state index contributed by atoms with van der Waals surface area (Å²) in [6.07, 6.45) is 1.61. The Morgan fingerprint density at radius 3 is 2.14 bits per heavy atom. The van der Waals surface area contributed by atoms with Crippen molar-refractivity contribution in [2.24, 2.45) is 11.8 Å². The summed E-state index contributed by atoms with van der Waals surface area (Å²) in [5.74, 6) is -1.19. The zero-order chi connectivity index (χ0) is 16.2. The highest BCUT2D eigenvalue weighted by Crippen LogP contribution is 2.22. The van der Waals surface area contributed by atoms with Gasteiger partial charge in [-0.1, -0.05) is 20.8 Å². The highest BCUT2D eigenvalue weighted by molar-refractivity contribution is 5.85. The molecular weight excluding hydrogens is 272 g/mol. The van der Waals surface area contributed by atoms with Gasteiger partial charge in [0.05, 0.1) is 0 Å². The van der Waals surface area contributed by atoms with E-state index < -0.39 is 12.0 Å². The van der Waals surface area contributed by atoms with Crippen LogP contribution in [0.4, 0.5) is 0 Å². The normalized spacial score (nSPS) is 17.7. The minimum Gasteiger partial charge on any atom is -0.480 e. The van der Waals surface area contributed by atoms with Gasteiger partial charge in [-0.3, -0.25) is 9.59 Å². The summed E-state index contributed by atoms with van der Waals surface area (Å²) < 4.78 is 0. The monoisotopic (exact) mass is 298 g/mol. The molecule has 1 rings (SSSR count). The van der Waals surface area contributed by atoms with E-state index in [0.717, 1.165) is 0 Å². The van der Waals surface area contributed by atoms with Crippen LogP contribution >= 0.6 is 0 Å². The molecular formula is C15H26N2O4. The second-order valence-electron chi connectivity index (χ2n) is 5.97. The molecule has 6 heteroatoms. The number of carboxylic acids is 1. The van der Waals surface area contributed by atoms with Gasteiger partial charge < -0.3 is 14.9 Å². The molecule has 0 radical (unpaired) electrons. The molecule has 1 aliphatic rings. The molecule has 120 valence electrons. The predicted molar refractivity (Wildman–Crippen MR) is 78.6 cm³/mol.